The van der Waals surface area contributed by atoms with E-state index >= 15 is 0 Å². The molecule has 0 aromatic heterocycles. The molecule has 2 amide bonds. The Balaban J connectivity index is 2.74. The number of nitrogens with one attached hydrogen (secondary N) is 2. The normalized spacial score (nSPS) is 18.9. The first kappa shape index (κ1) is 17.5. The van der Waals surface area contributed by atoms with E-state index in [1.165, 1.54) is 6.92 Å². The van der Waals surface area contributed by atoms with Crippen molar-refractivity contribution in [3.63, 3.8) is 0 Å². The Morgan fingerprint density at radius 3 is 2.05 bits per heavy atom. The largest absolute Gasteiger partial charge is 0.480 e. The maximum Gasteiger partial charge on any atom is 0.326 e. The van der Waals surface area contributed by atoms with Crippen molar-refractivity contribution in [3.05, 3.63) is 0 Å². The van der Waals surface area contributed by atoms with Crippen LogP contribution in [0.3, 0.4) is 0 Å². The molecule has 1 saturated carbocycles. The highest BCUT2D eigenvalue weighted by Gasteiger charge is 2.33. The van der Waals surface area contributed by atoms with Crippen molar-refractivity contribution in [3.8, 4) is 0 Å². The van der Waals surface area contributed by atoms with Gasteiger partial charge in [0.05, 0.1) is 0 Å². The molecule has 21 heavy (non-hydrogen) atoms. The standard InChI is InChI=1S/C15H26N2O4/c1-9(2)12(16-10(3)18)14(19)17-13(15(20)21)11-7-5-4-6-8-11/h9,11-13H,4-8H2,1-3H3,(H,16,18)(H,17,19)(H,20,21)/t12-,13-/m1/s1. The van der Waals surface area contributed by atoms with Crippen LogP contribution in [-0.4, -0.2) is 35.0 Å². The predicted octanol–water partition coefficient (Wildman–Crippen LogP) is 1.30. The Morgan fingerprint density at radius 1 is 1.05 bits per heavy atom. The van der Waals surface area contributed by atoms with E-state index in [2.05, 4.69) is 10.6 Å². The van der Waals surface area contributed by atoms with Crippen molar-refractivity contribution < 1.29 is 19.5 Å². The summed E-state index contributed by atoms with van der Waals surface area (Å²) < 4.78 is 0. The third kappa shape index (κ3) is 5.36. The van der Waals surface area contributed by atoms with Gasteiger partial charge in [-0.15, -0.1) is 0 Å². The van der Waals surface area contributed by atoms with Gasteiger partial charge in [-0.3, -0.25) is 9.59 Å². The van der Waals surface area contributed by atoms with Crippen molar-refractivity contribution in [1.82, 2.24) is 10.6 Å². The third-order valence-electron chi connectivity index (χ3n) is 3.99. The average Bonchev–Trinajstić information content (AvgIpc) is 2.42. The third-order valence-corrected chi connectivity index (χ3v) is 3.99. The number of amides is 2. The molecule has 0 radical (unpaired) electrons. The Hall–Kier alpha value is -1.59. The number of rotatable bonds is 6. The second-order valence-electron chi connectivity index (χ2n) is 6.14. The van der Waals surface area contributed by atoms with Gasteiger partial charge < -0.3 is 15.7 Å². The van der Waals surface area contributed by atoms with E-state index in [1.54, 1.807) is 0 Å². The van der Waals surface area contributed by atoms with E-state index in [-0.39, 0.29) is 17.7 Å². The molecule has 1 aliphatic carbocycles. The lowest BCUT2D eigenvalue weighted by molar-refractivity contribution is -0.144. The summed E-state index contributed by atoms with van der Waals surface area (Å²) in [7, 11) is 0. The van der Waals surface area contributed by atoms with Gasteiger partial charge in [0.15, 0.2) is 0 Å². The SMILES string of the molecule is CC(=O)N[C@@H](C(=O)N[C@@H](C(=O)O)C1CCCCC1)C(C)C. The molecule has 1 aliphatic rings. The first-order valence-corrected chi connectivity index (χ1v) is 7.63. The van der Waals surface area contributed by atoms with Gasteiger partial charge in [0, 0.05) is 6.92 Å². The van der Waals surface area contributed by atoms with Crippen molar-refractivity contribution in [2.75, 3.05) is 0 Å². The second-order valence-corrected chi connectivity index (χ2v) is 6.14. The van der Waals surface area contributed by atoms with Gasteiger partial charge in [-0.2, -0.15) is 0 Å². The van der Waals surface area contributed by atoms with Gasteiger partial charge in [-0.05, 0) is 24.7 Å². The summed E-state index contributed by atoms with van der Waals surface area (Å²) >= 11 is 0. The molecule has 0 aromatic carbocycles. The van der Waals surface area contributed by atoms with Crippen LogP contribution in [0.5, 0.6) is 0 Å². The average molecular weight is 298 g/mol. The molecule has 0 saturated heterocycles. The fourth-order valence-electron chi connectivity index (χ4n) is 2.85. The number of aliphatic carboxylic acids is 1. The molecule has 6 nitrogen and oxygen atoms in total. The van der Waals surface area contributed by atoms with E-state index in [0.29, 0.717) is 0 Å². The summed E-state index contributed by atoms with van der Waals surface area (Å²) in [5.41, 5.74) is 0. The van der Waals surface area contributed by atoms with Crippen LogP contribution in [0.1, 0.15) is 52.9 Å². The monoisotopic (exact) mass is 298 g/mol. The summed E-state index contributed by atoms with van der Waals surface area (Å²) in [5, 5.41) is 14.6. The van der Waals surface area contributed by atoms with Crippen molar-refractivity contribution in [2.45, 2.75) is 65.0 Å². The molecule has 1 rings (SSSR count). The zero-order valence-electron chi connectivity index (χ0n) is 13.0. The van der Waals surface area contributed by atoms with Crippen LogP contribution in [-0.2, 0) is 14.4 Å². The van der Waals surface area contributed by atoms with Crippen LogP contribution < -0.4 is 10.6 Å². The molecule has 2 atom stereocenters. The Bertz CT molecular complexity index is 389. The first-order chi connectivity index (χ1) is 9.82. The number of carbonyl (C=O) groups excluding carboxylic acids is 2. The molecule has 0 heterocycles. The number of hydrogen-bond donors (Lipinski definition) is 3. The van der Waals surface area contributed by atoms with Crippen molar-refractivity contribution in [1.29, 1.82) is 0 Å². The van der Waals surface area contributed by atoms with Crippen molar-refractivity contribution >= 4 is 17.8 Å². The topological polar surface area (TPSA) is 95.5 Å². The van der Waals surface area contributed by atoms with E-state index in [4.69, 9.17) is 0 Å². The Kier molecular flexibility index (Phi) is 6.65. The summed E-state index contributed by atoms with van der Waals surface area (Å²) in [6.07, 6.45) is 4.78. The molecule has 6 heteroatoms. The number of carbonyl (C=O) groups is 3. The van der Waals surface area contributed by atoms with Crippen LogP contribution in [0.4, 0.5) is 0 Å². The minimum absolute atomic E-state index is 0.0228. The number of hydrogen-bond acceptors (Lipinski definition) is 3. The Morgan fingerprint density at radius 2 is 1.62 bits per heavy atom. The molecular formula is C15H26N2O4. The minimum Gasteiger partial charge on any atom is -0.480 e. The maximum absolute atomic E-state index is 12.3. The lowest BCUT2D eigenvalue weighted by Gasteiger charge is -2.30. The predicted molar refractivity (Wildman–Crippen MR) is 78.6 cm³/mol. The van der Waals surface area contributed by atoms with E-state index in [9.17, 15) is 19.5 Å². The van der Waals surface area contributed by atoms with Crippen molar-refractivity contribution in [2.24, 2.45) is 11.8 Å². The van der Waals surface area contributed by atoms with Crippen LogP contribution in [0.2, 0.25) is 0 Å². The van der Waals surface area contributed by atoms with Crippen LogP contribution in [0, 0.1) is 11.8 Å². The van der Waals surface area contributed by atoms with Crippen LogP contribution in [0.15, 0.2) is 0 Å². The molecule has 120 valence electrons. The summed E-state index contributed by atoms with van der Waals surface area (Å²) in [5.74, 6) is -1.84. The van der Waals surface area contributed by atoms with Gasteiger partial charge in [0.1, 0.15) is 12.1 Å². The molecular weight excluding hydrogens is 272 g/mol. The highest BCUT2D eigenvalue weighted by atomic mass is 16.4. The second kappa shape index (κ2) is 8.00. The maximum atomic E-state index is 12.3. The minimum atomic E-state index is -0.999. The fourth-order valence-corrected chi connectivity index (χ4v) is 2.85. The quantitative estimate of drug-likeness (QED) is 0.688. The van der Waals surface area contributed by atoms with E-state index in [0.717, 1.165) is 32.1 Å². The van der Waals surface area contributed by atoms with Gasteiger partial charge in [-0.1, -0.05) is 33.1 Å². The zero-order chi connectivity index (χ0) is 16.0. The molecule has 0 aromatic rings. The smallest absolute Gasteiger partial charge is 0.326 e. The molecule has 0 aliphatic heterocycles. The summed E-state index contributed by atoms with van der Waals surface area (Å²) in [6, 6.07) is -1.57. The lowest BCUT2D eigenvalue weighted by Crippen LogP contribution is -2.55. The highest BCUT2D eigenvalue weighted by Crippen LogP contribution is 2.26. The number of carboxylic acids is 1. The Labute approximate surface area is 125 Å². The zero-order valence-corrected chi connectivity index (χ0v) is 13.0. The molecule has 3 N–H and O–H groups in total. The lowest BCUT2D eigenvalue weighted by atomic mass is 9.83. The molecule has 0 bridgehead atoms. The van der Waals surface area contributed by atoms with E-state index in [1.807, 2.05) is 13.8 Å². The van der Waals surface area contributed by atoms with E-state index < -0.39 is 24.0 Å². The van der Waals surface area contributed by atoms with Crippen LogP contribution in [0.25, 0.3) is 0 Å². The van der Waals surface area contributed by atoms with Gasteiger partial charge in [-0.25, -0.2) is 4.79 Å². The summed E-state index contributed by atoms with van der Waals surface area (Å²) in [4.78, 5) is 34.9. The highest BCUT2D eigenvalue weighted by molar-refractivity contribution is 5.90. The molecule has 0 unspecified atom stereocenters. The van der Waals surface area contributed by atoms with Gasteiger partial charge in [0.2, 0.25) is 11.8 Å². The van der Waals surface area contributed by atoms with Gasteiger partial charge >= 0.3 is 5.97 Å². The first-order valence-electron chi connectivity index (χ1n) is 7.63. The molecule has 1 fully saturated rings. The number of carboxylic acid groups (broad SMARTS) is 1. The summed E-state index contributed by atoms with van der Waals surface area (Å²) in [6.45, 7) is 4.98. The fraction of sp³-hybridized carbons (Fsp3) is 0.800. The van der Waals surface area contributed by atoms with Crippen LogP contribution >= 0.6 is 0 Å². The molecule has 0 spiro atoms. The van der Waals surface area contributed by atoms with Gasteiger partial charge in [0.25, 0.3) is 0 Å².